The highest BCUT2D eigenvalue weighted by Crippen LogP contribution is 2.28. The first-order valence-electron chi connectivity index (χ1n) is 8.70. The molecule has 4 nitrogen and oxygen atoms in total. The molecule has 0 heterocycles. The first kappa shape index (κ1) is 20.2. The molecule has 2 aromatic carbocycles. The Morgan fingerprint density at radius 1 is 1.22 bits per heavy atom. The van der Waals surface area contributed by atoms with Crippen molar-refractivity contribution in [3.63, 3.8) is 0 Å². The average molecular weight is 369 g/mol. The van der Waals surface area contributed by atoms with E-state index in [-0.39, 0.29) is 11.7 Å². The van der Waals surface area contributed by atoms with Crippen molar-refractivity contribution >= 4 is 12.0 Å². The van der Waals surface area contributed by atoms with E-state index >= 15 is 0 Å². The molecule has 0 bridgehead atoms. The second-order valence-electron chi connectivity index (χ2n) is 5.83. The van der Waals surface area contributed by atoms with Crippen LogP contribution in [0.5, 0.6) is 11.5 Å². The Hall–Kier alpha value is -3.08. The number of carbonyl (C=O) groups is 1. The van der Waals surface area contributed by atoms with Crippen molar-refractivity contribution in [1.82, 2.24) is 4.90 Å². The van der Waals surface area contributed by atoms with Crippen molar-refractivity contribution in [2.24, 2.45) is 0 Å². The van der Waals surface area contributed by atoms with Gasteiger partial charge in [0, 0.05) is 19.2 Å². The van der Waals surface area contributed by atoms with Gasteiger partial charge in [-0.2, -0.15) is 0 Å². The lowest BCUT2D eigenvalue weighted by molar-refractivity contribution is -0.126. The lowest BCUT2D eigenvalue weighted by Gasteiger charge is -2.19. The highest BCUT2D eigenvalue weighted by Gasteiger charge is 2.10. The molecule has 5 heteroatoms. The summed E-state index contributed by atoms with van der Waals surface area (Å²) in [6.45, 7) is 6.77. The summed E-state index contributed by atoms with van der Waals surface area (Å²) in [5, 5.41) is 0. The summed E-state index contributed by atoms with van der Waals surface area (Å²) in [7, 11) is 1.56. The van der Waals surface area contributed by atoms with Gasteiger partial charge in [0.15, 0.2) is 11.5 Å². The average Bonchev–Trinajstić information content (AvgIpc) is 2.68. The van der Waals surface area contributed by atoms with Gasteiger partial charge in [-0.3, -0.25) is 4.79 Å². The smallest absolute Gasteiger partial charge is 0.246 e. The molecular formula is C22H24FNO3. The highest BCUT2D eigenvalue weighted by molar-refractivity contribution is 5.91. The summed E-state index contributed by atoms with van der Waals surface area (Å²) in [5.74, 6) is 0.742. The van der Waals surface area contributed by atoms with Gasteiger partial charge in [-0.1, -0.05) is 30.9 Å². The van der Waals surface area contributed by atoms with Crippen molar-refractivity contribution in [2.45, 2.75) is 13.5 Å². The number of benzene rings is 2. The molecule has 0 aliphatic carbocycles. The van der Waals surface area contributed by atoms with Gasteiger partial charge >= 0.3 is 0 Å². The van der Waals surface area contributed by atoms with Crippen LogP contribution in [0.25, 0.3) is 6.08 Å². The Morgan fingerprint density at radius 2 is 2.04 bits per heavy atom. The van der Waals surface area contributed by atoms with Crippen LogP contribution in [0.3, 0.4) is 0 Å². The number of halogens is 1. The predicted octanol–water partition coefficient (Wildman–Crippen LogP) is 4.46. The fourth-order valence-electron chi connectivity index (χ4n) is 2.53. The van der Waals surface area contributed by atoms with Gasteiger partial charge in [0.2, 0.25) is 5.91 Å². The highest BCUT2D eigenvalue weighted by atomic mass is 19.1. The Labute approximate surface area is 159 Å². The van der Waals surface area contributed by atoms with Gasteiger partial charge in [0.25, 0.3) is 0 Å². The third kappa shape index (κ3) is 5.99. The number of rotatable bonds is 9. The Balaban J connectivity index is 2.08. The summed E-state index contributed by atoms with van der Waals surface area (Å²) in [6, 6.07) is 11.7. The molecule has 142 valence electrons. The van der Waals surface area contributed by atoms with Crippen LogP contribution in [0, 0.1) is 5.82 Å². The molecule has 0 fully saturated rings. The molecule has 0 aromatic heterocycles. The van der Waals surface area contributed by atoms with E-state index in [0.29, 0.717) is 31.2 Å². The van der Waals surface area contributed by atoms with Crippen molar-refractivity contribution in [2.75, 3.05) is 20.3 Å². The zero-order valence-corrected chi connectivity index (χ0v) is 15.7. The van der Waals surface area contributed by atoms with E-state index in [2.05, 4.69) is 6.58 Å². The number of amides is 1. The SMILES string of the molecule is C=CCOc1ccc(/C=C/C(=O)N(CC)Cc2cccc(F)c2)cc1OC. The maximum atomic E-state index is 13.3. The molecule has 0 saturated heterocycles. The number of ether oxygens (including phenoxy) is 2. The molecule has 2 rings (SSSR count). The fourth-order valence-corrected chi connectivity index (χ4v) is 2.53. The molecule has 0 N–H and O–H groups in total. The second-order valence-corrected chi connectivity index (χ2v) is 5.83. The van der Waals surface area contributed by atoms with Gasteiger partial charge < -0.3 is 14.4 Å². The maximum absolute atomic E-state index is 13.3. The summed E-state index contributed by atoms with van der Waals surface area (Å²) in [5.41, 5.74) is 1.57. The van der Waals surface area contributed by atoms with Crippen LogP contribution in [0.4, 0.5) is 4.39 Å². The standard InChI is InChI=1S/C22H24FNO3/c1-4-13-27-20-11-9-17(15-21(20)26-3)10-12-22(25)24(5-2)16-18-7-6-8-19(23)14-18/h4,6-12,14-15H,1,5,13,16H2,2-3H3/b12-10+. The Morgan fingerprint density at radius 3 is 2.70 bits per heavy atom. The molecule has 0 atom stereocenters. The summed E-state index contributed by atoms with van der Waals surface area (Å²) in [6.07, 6.45) is 4.88. The zero-order valence-electron chi connectivity index (χ0n) is 15.7. The molecule has 1 amide bonds. The summed E-state index contributed by atoms with van der Waals surface area (Å²) in [4.78, 5) is 14.1. The number of nitrogens with zero attached hydrogens (tertiary/aromatic N) is 1. The van der Waals surface area contributed by atoms with Crippen molar-refractivity contribution in [3.05, 3.63) is 78.1 Å². The van der Waals surface area contributed by atoms with Crippen LogP contribution in [0.1, 0.15) is 18.1 Å². The number of hydrogen-bond acceptors (Lipinski definition) is 3. The first-order valence-corrected chi connectivity index (χ1v) is 8.70. The van der Waals surface area contributed by atoms with E-state index in [1.165, 1.54) is 18.2 Å². The van der Waals surface area contributed by atoms with E-state index in [4.69, 9.17) is 9.47 Å². The molecule has 0 saturated carbocycles. The summed E-state index contributed by atoms with van der Waals surface area (Å²) >= 11 is 0. The van der Waals surface area contributed by atoms with Crippen LogP contribution < -0.4 is 9.47 Å². The van der Waals surface area contributed by atoms with Gasteiger partial charge in [-0.25, -0.2) is 4.39 Å². The zero-order chi connectivity index (χ0) is 19.6. The normalized spacial score (nSPS) is 10.6. The predicted molar refractivity (Wildman–Crippen MR) is 105 cm³/mol. The molecule has 0 aliphatic heterocycles. The monoisotopic (exact) mass is 369 g/mol. The van der Waals surface area contributed by atoms with E-state index in [9.17, 15) is 9.18 Å². The van der Waals surface area contributed by atoms with E-state index in [0.717, 1.165) is 11.1 Å². The number of methoxy groups -OCH3 is 1. The molecule has 0 spiro atoms. The molecule has 27 heavy (non-hydrogen) atoms. The fraction of sp³-hybridized carbons (Fsp3) is 0.227. The lowest BCUT2D eigenvalue weighted by Crippen LogP contribution is -2.28. The van der Waals surface area contributed by atoms with Crippen molar-refractivity contribution in [1.29, 1.82) is 0 Å². The van der Waals surface area contributed by atoms with Gasteiger partial charge in [0.05, 0.1) is 7.11 Å². The van der Waals surface area contributed by atoms with E-state index in [1.807, 2.05) is 13.0 Å². The number of likely N-dealkylation sites (N-methyl/N-ethyl adjacent to an activating group) is 1. The molecule has 0 radical (unpaired) electrons. The minimum Gasteiger partial charge on any atom is -0.493 e. The van der Waals surface area contributed by atoms with Crippen molar-refractivity contribution in [3.8, 4) is 11.5 Å². The van der Waals surface area contributed by atoms with E-state index in [1.54, 1.807) is 48.4 Å². The number of hydrogen-bond donors (Lipinski definition) is 0. The largest absolute Gasteiger partial charge is 0.493 e. The quantitative estimate of drug-likeness (QED) is 0.484. The van der Waals surface area contributed by atoms with Gasteiger partial charge in [0.1, 0.15) is 12.4 Å². The maximum Gasteiger partial charge on any atom is 0.246 e. The van der Waals surface area contributed by atoms with Crippen LogP contribution in [0.2, 0.25) is 0 Å². The van der Waals surface area contributed by atoms with Gasteiger partial charge in [-0.15, -0.1) is 0 Å². The van der Waals surface area contributed by atoms with Crippen LogP contribution in [-0.4, -0.2) is 31.1 Å². The van der Waals surface area contributed by atoms with Crippen LogP contribution in [-0.2, 0) is 11.3 Å². The van der Waals surface area contributed by atoms with Crippen LogP contribution in [0.15, 0.2) is 61.2 Å². The topological polar surface area (TPSA) is 38.8 Å². The minimum absolute atomic E-state index is 0.146. The minimum atomic E-state index is -0.308. The third-order valence-electron chi connectivity index (χ3n) is 3.92. The first-order chi connectivity index (χ1) is 13.1. The molecule has 0 aliphatic rings. The number of carbonyl (C=O) groups excluding carboxylic acids is 1. The Kier molecular flexibility index (Phi) is 7.62. The molecular weight excluding hydrogens is 345 g/mol. The third-order valence-corrected chi connectivity index (χ3v) is 3.92. The van der Waals surface area contributed by atoms with E-state index < -0.39 is 0 Å². The second kappa shape index (κ2) is 10.2. The van der Waals surface area contributed by atoms with Gasteiger partial charge in [-0.05, 0) is 48.4 Å². The molecule has 0 unspecified atom stereocenters. The lowest BCUT2D eigenvalue weighted by atomic mass is 10.1. The molecule has 2 aromatic rings. The van der Waals surface area contributed by atoms with Crippen LogP contribution >= 0.6 is 0 Å². The van der Waals surface area contributed by atoms with Crippen molar-refractivity contribution < 1.29 is 18.7 Å². The Bertz CT molecular complexity index is 817. The summed E-state index contributed by atoms with van der Waals surface area (Å²) < 4.78 is 24.2.